The predicted octanol–water partition coefficient (Wildman–Crippen LogP) is 2.32. The topological polar surface area (TPSA) is 69.7 Å². The van der Waals surface area contributed by atoms with Crippen molar-refractivity contribution >= 4 is 23.4 Å². The molecule has 28 heavy (non-hydrogen) atoms. The van der Waals surface area contributed by atoms with Crippen LogP contribution in [-0.2, 0) is 4.79 Å². The highest BCUT2D eigenvalue weighted by atomic mass is 16.2. The van der Waals surface area contributed by atoms with E-state index in [0.717, 1.165) is 24.4 Å². The van der Waals surface area contributed by atoms with Crippen molar-refractivity contribution in [2.45, 2.75) is 12.8 Å². The number of amides is 3. The Morgan fingerprint density at radius 2 is 1.61 bits per heavy atom. The van der Waals surface area contributed by atoms with Crippen LogP contribution >= 0.6 is 0 Å². The highest BCUT2D eigenvalue weighted by Crippen LogP contribution is 2.24. The van der Waals surface area contributed by atoms with Crippen LogP contribution in [0, 0.1) is 5.92 Å². The quantitative estimate of drug-likeness (QED) is 0.785. The van der Waals surface area contributed by atoms with Crippen molar-refractivity contribution in [1.29, 1.82) is 0 Å². The second kappa shape index (κ2) is 7.84. The van der Waals surface area contributed by atoms with Crippen LogP contribution in [0.5, 0.6) is 0 Å². The highest BCUT2D eigenvalue weighted by molar-refractivity contribution is 6.21. The normalized spacial score (nSPS) is 18.5. The van der Waals surface area contributed by atoms with Crippen molar-refractivity contribution in [3.05, 3.63) is 65.7 Å². The maximum Gasteiger partial charge on any atom is 0.261 e. The summed E-state index contributed by atoms with van der Waals surface area (Å²) in [5.74, 6) is -0.358. The molecule has 2 aliphatic rings. The number of hydrogen-bond acceptors (Lipinski definition) is 4. The van der Waals surface area contributed by atoms with E-state index in [1.807, 2.05) is 18.2 Å². The smallest absolute Gasteiger partial charge is 0.261 e. The Balaban J connectivity index is 1.23. The molecule has 0 bridgehead atoms. The molecule has 1 saturated heterocycles. The zero-order valence-corrected chi connectivity index (χ0v) is 15.6. The van der Waals surface area contributed by atoms with Gasteiger partial charge in [0.15, 0.2) is 0 Å². The van der Waals surface area contributed by atoms with Crippen molar-refractivity contribution in [2.24, 2.45) is 5.92 Å². The minimum atomic E-state index is -0.317. The first kappa shape index (κ1) is 18.2. The summed E-state index contributed by atoms with van der Waals surface area (Å²) in [4.78, 5) is 40.4. The average molecular weight is 377 g/mol. The number of fused-ring (bicyclic) bond motifs is 1. The molecule has 4 rings (SSSR count). The van der Waals surface area contributed by atoms with Crippen LogP contribution in [-0.4, -0.2) is 48.8 Å². The third kappa shape index (κ3) is 3.63. The van der Waals surface area contributed by atoms with Crippen LogP contribution in [0.25, 0.3) is 0 Å². The molecule has 0 saturated carbocycles. The predicted molar refractivity (Wildman–Crippen MR) is 106 cm³/mol. The van der Waals surface area contributed by atoms with Gasteiger partial charge >= 0.3 is 0 Å². The van der Waals surface area contributed by atoms with Crippen molar-refractivity contribution < 1.29 is 14.4 Å². The molecule has 2 heterocycles. The molecular formula is C22H23N3O3. The van der Waals surface area contributed by atoms with Gasteiger partial charge in [-0.3, -0.25) is 19.3 Å². The number of hydrogen-bond donors (Lipinski definition) is 1. The number of nitrogens with one attached hydrogen (secondary N) is 1. The molecule has 0 spiro atoms. The van der Waals surface area contributed by atoms with Gasteiger partial charge in [0, 0.05) is 38.3 Å². The van der Waals surface area contributed by atoms with E-state index >= 15 is 0 Å². The summed E-state index contributed by atoms with van der Waals surface area (Å²) in [6.07, 6.45) is 1.16. The van der Waals surface area contributed by atoms with Gasteiger partial charge in [0.2, 0.25) is 5.91 Å². The third-order valence-corrected chi connectivity index (χ3v) is 5.44. The van der Waals surface area contributed by atoms with E-state index in [-0.39, 0.29) is 30.7 Å². The monoisotopic (exact) mass is 377 g/mol. The molecule has 1 N–H and O–H groups in total. The van der Waals surface area contributed by atoms with E-state index in [2.05, 4.69) is 22.3 Å². The largest absolute Gasteiger partial charge is 0.371 e. The van der Waals surface area contributed by atoms with Gasteiger partial charge in [-0.05, 0) is 36.6 Å². The summed E-state index contributed by atoms with van der Waals surface area (Å²) < 4.78 is 0. The van der Waals surface area contributed by atoms with Gasteiger partial charge in [-0.15, -0.1) is 0 Å². The zero-order valence-electron chi connectivity index (χ0n) is 15.6. The number of carbonyl (C=O) groups is 3. The number of para-hydroxylation sites is 1. The van der Waals surface area contributed by atoms with Crippen molar-refractivity contribution in [3.8, 4) is 0 Å². The first-order chi connectivity index (χ1) is 13.6. The fourth-order valence-electron chi connectivity index (χ4n) is 3.87. The van der Waals surface area contributed by atoms with Crippen molar-refractivity contribution in [2.75, 3.05) is 31.1 Å². The molecule has 144 valence electrons. The standard InChI is InChI=1S/C22H23N3O3/c26-20(11-13-25-21(27)18-8-4-5-9-19(18)22(25)28)23-14-16-10-12-24(15-16)17-6-2-1-3-7-17/h1-9,16H,10-15H2,(H,23,26). The van der Waals surface area contributed by atoms with Gasteiger partial charge in [0.1, 0.15) is 0 Å². The summed E-state index contributed by atoms with van der Waals surface area (Å²) in [5.41, 5.74) is 2.04. The molecule has 3 amide bonds. The fraction of sp³-hybridized carbons (Fsp3) is 0.318. The van der Waals surface area contributed by atoms with Gasteiger partial charge in [-0.25, -0.2) is 0 Å². The number of carbonyl (C=O) groups excluding carboxylic acids is 3. The lowest BCUT2D eigenvalue weighted by Crippen LogP contribution is -2.36. The molecule has 6 nitrogen and oxygen atoms in total. The van der Waals surface area contributed by atoms with E-state index in [0.29, 0.717) is 23.6 Å². The first-order valence-electron chi connectivity index (χ1n) is 9.65. The van der Waals surface area contributed by atoms with E-state index in [1.54, 1.807) is 24.3 Å². The number of imide groups is 1. The van der Waals surface area contributed by atoms with Crippen LogP contribution in [0.3, 0.4) is 0 Å². The van der Waals surface area contributed by atoms with E-state index in [9.17, 15) is 14.4 Å². The second-order valence-corrected chi connectivity index (χ2v) is 7.30. The summed E-state index contributed by atoms with van der Waals surface area (Å²) in [6.45, 7) is 2.63. The lowest BCUT2D eigenvalue weighted by atomic mass is 10.1. The number of anilines is 1. The minimum absolute atomic E-state index is 0.110. The SMILES string of the molecule is O=C(CCN1C(=O)c2ccccc2C1=O)NCC1CCN(c2ccccc2)C1. The van der Waals surface area contributed by atoms with Gasteiger partial charge in [-0.1, -0.05) is 30.3 Å². The molecule has 2 aromatic rings. The van der Waals surface area contributed by atoms with E-state index in [4.69, 9.17) is 0 Å². The number of rotatable bonds is 6. The summed E-state index contributed by atoms with van der Waals surface area (Å²) >= 11 is 0. The van der Waals surface area contributed by atoms with Gasteiger partial charge < -0.3 is 10.2 Å². The van der Waals surface area contributed by atoms with E-state index in [1.165, 1.54) is 5.69 Å². The fourth-order valence-corrected chi connectivity index (χ4v) is 3.87. The molecule has 1 fully saturated rings. The molecule has 0 radical (unpaired) electrons. The zero-order chi connectivity index (χ0) is 19.5. The molecule has 0 aliphatic carbocycles. The summed E-state index contributed by atoms with van der Waals surface area (Å²) in [5, 5.41) is 2.96. The molecular weight excluding hydrogens is 354 g/mol. The summed E-state index contributed by atoms with van der Waals surface area (Å²) in [7, 11) is 0. The van der Waals surface area contributed by atoms with Crippen LogP contribution in [0.2, 0.25) is 0 Å². The van der Waals surface area contributed by atoms with E-state index < -0.39 is 0 Å². The lowest BCUT2D eigenvalue weighted by molar-refractivity contribution is -0.121. The molecule has 1 atom stereocenters. The second-order valence-electron chi connectivity index (χ2n) is 7.30. The van der Waals surface area contributed by atoms with Crippen molar-refractivity contribution in [1.82, 2.24) is 10.2 Å². The summed E-state index contributed by atoms with van der Waals surface area (Å²) in [6, 6.07) is 17.0. The Morgan fingerprint density at radius 3 is 2.29 bits per heavy atom. The first-order valence-corrected chi connectivity index (χ1v) is 9.65. The van der Waals surface area contributed by atoms with Gasteiger partial charge in [0.05, 0.1) is 11.1 Å². The Bertz CT molecular complexity index is 862. The lowest BCUT2D eigenvalue weighted by Gasteiger charge is -2.19. The van der Waals surface area contributed by atoms with Crippen LogP contribution < -0.4 is 10.2 Å². The number of nitrogens with zero attached hydrogens (tertiary/aromatic N) is 2. The molecule has 1 unspecified atom stereocenters. The Kier molecular flexibility index (Phi) is 5.10. The highest BCUT2D eigenvalue weighted by Gasteiger charge is 2.35. The average Bonchev–Trinajstić information content (AvgIpc) is 3.30. The Labute approximate surface area is 164 Å². The molecule has 0 aromatic heterocycles. The van der Waals surface area contributed by atoms with Crippen molar-refractivity contribution in [3.63, 3.8) is 0 Å². The number of benzene rings is 2. The van der Waals surface area contributed by atoms with Crippen LogP contribution in [0.4, 0.5) is 5.69 Å². The Morgan fingerprint density at radius 1 is 0.964 bits per heavy atom. The van der Waals surface area contributed by atoms with Crippen LogP contribution in [0.15, 0.2) is 54.6 Å². The third-order valence-electron chi connectivity index (χ3n) is 5.44. The van der Waals surface area contributed by atoms with Gasteiger partial charge in [0.25, 0.3) is 11.8 Å². The Hall–Kier alpha value is -3.15. The maximum atomic E-state index is 12.3. The molecule has 2 aliphatic heterocycles. The molecule has 2 aromatic carbocycles. The minimum Gasteiger partial charge on any atom is -0.371 e. The van der Waals surface area contributed by atoms with Gasteiger partial charge in [-0.2, -0.15) is 0 Å². The molecule has 6 heteroatoms. The maximum absolute atomic E-state index is 12.3. The van der Waals surface area contributed by atoms with Crippen LogP contribution in [0.1, 0.15) is 33.6 Å².